The van der Waals surface area contributed by atoms with E-state index in [9.17, 15) is 0 Å². The van der Waals surface area contributed by atoms with Gasteiger partial charge in [0.2, 0.25) is 11.9 Å². The molecule has 3 heterocycles. The molecule has 170 valence electrons. The molecule has 9 nitrogen and oxygen atoms in total. The largest absolute Gasteiger partial charge is 0.353 e. The zero-order chi connectivity index (χ0) is 21.5. The average Bonchev–Trinajstić information content (AvgIpc) is 2.80. The smallest absolute Gasteiger partial charge is 0.224 e. The highest BCUT2D eigenvalue weighted by molar-refractivity contribution is 5.97. The Kier molecular flexibility index (Phi) is 7.37. The van der Waals surface area contributed by atoms with Crippen LogP contribution in [0.2, 0.25) is 0 Å². The van der Waals surface area contributed by atoms with Crippen LogP contribution < -0.4 is 21.7 Å². The van der Waals surface area contributed by atoms with Crippen molar-refractivity contribution in [2.75, 3.05) is 46.3 Å². The first kappa shape index (κ1) is 22.0. The van der Waals surface area contributed by atoms with Crippen LogP contribution in [0.25, 0.3) is 0 Å². The zero-order valence-electron chi connectivity index (χ0n) is 18.7. The lowest BCUT2D eigenvalue weighted by atomic mass is 9.84. The number of pyridine rings is 1. The minimum Gasteiger partial charge on any atom is -0.353 e. The van der Waals surface area contributed by atoms with Gasteiger partial charge in [0.25, 0.3) is 0 Å². The fourth-order valence-corrected chi connectivity index (χ4v) is 4.54. The van der Waals surface area contributed by atoms with Gasteiger partial charge < -0.3 is 20.9 Å². The van der Waals surface area contributed by atoms with Crippen molar-refractivity contribution in [3.63, 3.8) is 0 Å². The Labute approximate surface area is 185 Å². The Morgan fingerprint density at radius 1 is 1.16 bits per heavy atom. The van der Waals surface area contributed by atoms with Crippen LogP contribution in [0.4, 0.5) is 0 Å². The SMILES string of the molecule is CN1CCN(CCNC2=NC(N)(C3CCCCC3)NC(NCc3cccnc3)=N2)CC1. The molecule has 2 aliphatic heterocycles. The van der Waals surface area contributed by atoms with Crippen molar-refractivity contribution in [2.24, 2.45) is 21.6 Å². The molecule has 0 spiro atoms. The van der Waals surface area contributed by atoms with Gasteiger partial charge in [0.15, 0.2) is 5.79 Å². The summed E-state index contributed by atoms with van der Waals surface area (Å²) in [5, 5.41) is 10.2. The van der Waals surface area contributed by atoms with E-state index in [0.717, 1.165) is 57.7 Å². The predicted molar refractivity (Wildman–Crippen MR) is 125 cm³/mol. The van der Waals surface area contributed by atoms with Crippen LogP contribution in [0.15, 0.2) is 34.5 Å². The number of likely N-dealkylation sites (N-methyl/N-ethyl adjacent to an activating group) is 1. The highest BCUT2D eigenvalue weighted by atomic mass is 15.4. The lowest BCUT2D eigenvalue weighted by molar-refractivity contribution is 0.156. The molecule has 1 saturated heterocycles. The average molecular weight is 428 g/mol. The van der Waals surface area contributed by atoms with Crippen LogP contribution in [0.3, 0.4) is 0 Å². The Morgan fingerprint density at radius 3 is 2.71 bits per heavy atom. The van der Waals surface area contributed by atoms with E-state index < -0.39 is 5.79 Å². The summed E-state index contributed by atoms with van der Waals surface area (Å²) in [5.74, 6) is 0.778. The van der Waals surface area contributed by atoms with Crippen molar-refractivity contribution in [1.29, 1.82) is 0 Å². The maximum atomic E-state index is 6.83. The fourth-order valence-electron chi connectivity index (χ4n) is 4.54. The van der Waals surface area contributed by atoms with Gasteiger partial charge in [-0.2, -0.15) is 4.99 Å². The van der Waals surface area contributed by atoms with E-state index in [4.69, 9.17) is 10.7 Å². The topological polar surface area (TPSA) is 106 Å². The van der Waals surface area contributed by atoms with Gasteiger partial charge in [-0.15, -0.1) is 0 Å². The lowest BCUT2D eigenvalue weighted by Crippen LogP contribution is -2.65. The molecule has 0 radical (unpaired) electrons. The van der Waals surface area contributed by atoms with Crippen LogP contribution in [0, 0.1) is 5.92 Å². The third kappa shape index (κ3) is 6.15. The molecule has 0 aromatic carbocycles. The molecule has 1 atom stereocenters. The van der Waals surface area contributed by atoms with Gasteiger partial charge in [0, 0.05) is 64.1 Å². The second-order valence-electron chi connectivity index (χ2n) is 8.97. The summed E-state index contributed by atoms with van der Waals surface area (Å²) in [6.45, 7) is 6.89. The first-order valence-electron chi connectivity index (χ1n) is 11.6. The summed E-state index contributed by atoms with van der Waals surface area (Å²) < 4.78 is 0. The number of rotatable bonds is 6. The molecule has 1 aromatic rings. The summed E-state index contributed by atoms with van der Waals surface area (Å²) in [7, 11) is 2.18. The molecule has 5 N–H and O–H groups in total. The Bertz CT molecular complexity index is 752. The number of hydrogen-bond donors (Lipinski definition) is 4. The molecule has 2 fully saturated rings. The van der Waals surface area contributed by atoms with E-state index in [0.29, 0.717) is 24.4 Å². The fraction of sp³-hybridized carbons (Fsp3) is 0.682. The molecule has 3 aliphatic rings. The molecule has 1 saturated carbocycles. The maximum absolute atomic E-state index is 6.83. The quantitative estimate of drug-likeness (QED) is 0.524. The van der Waals surface area contributed by atoms with E-state index >= 15 is 0 Å². The summed E-state index contributed by atoms with van der Waals surface area (Å²) in [6, 6.07) is 3.98. The van der Waals surface area contributed by atoms with Crippen LogP contribution in [0.5, 0.6) is 0 Å². The number of nitrogens with two attached hydrogens (primary N) is 1. The number of aromatic nitrogens is 1. The summed E-state index contributed by atoms with van der Waals surface area (Å²) in [4.78, 5) is 18.6. The van der Waals surface area contributed by atoms with Crippen molar-refractivity contribution in [2.45, 2.75) is 44.4 Å². The number of nitrogens with one attached hydrogen (secondary N) is 3. The van der Waals surface area contributed by atoms with Gasteiger partial charge in [-0.25, -0.2) is 4.99 Å². The molecule has 9 heteroatoms. The molecule has 1 aromatic heterocycles. The van der Waals surface area contributed by atoms with Crippen LogP contribution >= 0.6 is 0 Å². The number of aliphatic imine (C=N–C) groups is 2. The first-order valence-corrected chi connectivity index (χ1v) is 11.6. The highest BCUT2D eigenvalue weighted by Crippen LogP contribution is 2.31. The van der Waals surface area contributed by atoms with Crippen LogP contribution in [-0.2, 0) is 6.54 Å². The second-order valence-corrected chi connectivity index (χ2v) is 8.97. The second kappa shape index (κ2) is 10.4. The van der Waals surface area contributed by atoms with Gasteiger partial charge in [-0.05, 0) is 31.5 Å². The molecule has 0 amide bonds. The Hall–Kier alpha value is -2.23. The summed E-state index contributed by atoms with van der Waals surface area (Å²) in [5.41, 5.74) is 7.92. The molecule has 31 heavy (non-hydrogen) atoms. The minimum absolute atomic E-state index is 0.307. The van der Waals surface area contributed by atoms with Gasteiger partial charge in [0.05, 0.1) is 0 Å². The van der Waals surface area contributed by atoms with Gasteiger partial charge >= 0.3 is 0 Å². The van der Waals surface area contributed by atoms with Crippen molar-refractivity contribution >= 4 is 11.9 Å². The number of piperazine rings is 1. The van der Waals surface area contributed by atoms with E-state index in [-0.39, 0.29) is 0 Å². The third-order valence-electron chi connectivity index (χ3n) is 6.54. The van der Waals surface area contributed by atoms with E-state index in [1.807, 2.05) is 18.3 Å². The first-order chi connectivity index (χ1) is 15.1. The van der Waals surface area contributed by atoms with E-state index in [2.05, 4.69) is 42.8 Å². The summed E-state index contributed by atoms with van der Waals surface area (Å²) >= 11 is 0. The third-order valence-corrected chi connectivity index (χ3v) is 6.54. The molecular formula is C22H37N9. The molecular weight excluding hydrogens is 390 g/mol. The zero-order valence-corrected chi connectivity index (χ0v) is 18.7. The Morgan fingerprint density at radius 2 is 1.97 bits per heavy atom. The molecule has 4 rings (SSSR count). The van der Waals surface area contributed by atoms with Crippen molar-refractivity contribution in [3.8, 4) is 0 Å². The van der Waals surface area contributed by atoms with Crippen molar-refractivity contribution < 1.29 is 0 Å². The standard InChI is InChI=1S/C22H37N9/c1-30-12-14-31(15-13-30)11-10-25-20-27-21(26-17-18-6-5-9-24-16-18)29-22(23,28-20)19-7-3-2-4-8-19/h5-6,9,16,19H,2-4,7-8,10-15,17,23H2,1H3,(H3,25,26,27,28,29). The normalized spacial score (nSPS) is 26.0. The maximum Gasteiger partial charge on any atom is 0.224 e. The van der Waals surface area contributed by atoms with E-state index in [1.54, 1.807) is 6.20 Å². The molecule has 1 unspecified atom stereocenters. The van der Waals surface area contributed by atoms with Crippen molar-refractivity contribution in [3.05, 3.63) is 30.1 Å². The van der Waals surface area contributed by atoms with Gasteiger partial charge in [0.1, 0.15) is 0 Å². The number of nitrogens with zero attached hydrogens (tertiary/aromatic N) is 5. The van der Waals surface area contributed by atoms with Crippen LogP contribution in [-0.4, -0.2) is 78.8 Å². The van der Waals surface area contributed by atoms with Crippen molar-refractivity contribution in [1.82, 2.24) is 30.7 Å². The highest BCUT2D eigenvalue weighted by Gasteiger charge is 2.39. The molecule has 1 aliphatic carbocycles. The molecule has 0 bridgehead atoms. The van der Waals surface area contributed by atoms with Crippen LogP contribution in [0.1, 0.15) is 37.7 Å². The predicted octanol–water partition coefficient (Wildman–Crippen LogP) is 0.516. The van der Waals surface area contributed by atoms with E-state index in [1.165, 1.54) is 19.3 Å². The summed E-state index contributed by atoms with van der Waals surface area (Å²) in [6.07, 6.45) is 9.53. The lowest BCUT2D eigenvalue weighted by Gasteiger charge is -2.40. The Balaban J connectivity index is 1.39. The monoisotopic (exact) mass is 427 g/mol. The van der Waals surface area contributed by atoms with Gasteiger partial charge in [-0.1, -0.05) is 25.3 Å². The number of hydrogen-bond acceptors (Lipinski definition) is 9. The number of guanidine groups is 2. The minimum atomic E-state index is -0.824. The van der Waals surface area contributed by atoms with Gasteiger partial charge in [-0.3, -0.25) is 15.6 Å².